The van der Waals surface area contributed by atoms with Gasteiger partial charge in [-0.3, -0.25) is 14.8 Å². The highest BCUT2D eigenvalue weighted by Gasteiger charge is 2.33. The maximum absolute atomic E-state index is 12.9. The number of nitrogens with zero attached hydrogens (tertiary/aromatic N) is 3. The average molecular weight is 476 g/mol. The van der Waals surface area contributed by atoms with Crippen molar-refractivity contribution in [2.75, 3.05) is 5.32 Å². The lowest BCUT2D eigenvalue weighted by atomic mass is 9.89. The summed E-state index contributed by atoms with van der Waals surface area (Å²) in [4.78, 5) is 17.2. The van der Waals surface area contributed by atoms with Crippen LogP contribution in [0, 0.1) is 11.3 Å². The maximum Gasteiger partial charge on any atom is 0.228 e. The number of hydrogen-bond donors (Lipinski definition) is 3. The van der Waals surface area contributed by atoms with Gasteiger partial charge in [0.1, 0.15) is 5.82 Å². The van der Waals surface area contributed by atoms with Crippen LogP contribution in [0.25, 0.3) is 11.1 Å². The van der Waals surface area contributed by atoms with Gasteiger partial charge in [0.25, 0.3) is 0 Å². The fraction of sp³-hybridized carbons (Fsp3) is 0.625. The van der Waals surface area contributed by atoms with Crippen LogP contribution in [0.4, 0.5) is 5.82 Å². The van der Waals surface area contributed by atoms with Crippen LogP contribution >= 0.6 is 11.6 Å². The van der Waals surface area contributed by atoms with Gasteiger partial charge >= 0.3 is 0 Å². The number of anilines is 1. The Bertz CT molecular complexity index is 1030. The van der Waals surface area contributed by atoms with Crippen LogP contribution in [-0.2, 0) is 22.5 Å². The van der Waals surface area contributed by atoms with Crippen molar-refractivity contribution in [3.8, 4) is 11.1 Å². The summed E-state index contributed by atoms with van der Waals surface area (Å²) in [5, 5.41) is 21.2. The molecule has 9 heteroatoms. The minimum Gasteiger partial charge on any atom is -0.356 e. The fourth-order valence-corrected chi connectivity index (χ4v) is 4.96. The number of carbonyl (C=O) groups is 1. The molecule has 0 spiro atoms. The number of aliphatic hydroxyl groups excluding tert-OH is 1. The number of ether oxygens (including phenoxy) is 1. The van der Waals surface area contributed by atoms with Crippen LogP contribution in [0.1, 0.15) is 59.6 Å². The Morgan fingerprint density at radius 2 is 2.06 bits per heavy atom. The van der Waals surface area contributed by atoms with E-state index in [1.807, 2.05) is 37.7 Å². The molecule has 1 aliphatic carbocycles. The molecule has 2 aromatic heterocycles. The van der Waals surface area contributed by atoms with Gasteiger partial charge in [0.15, 0.2) is 0 Å². The van der Waals surface area contributed by atoms with E-state index in [4.69, 9.17) is 16.3 Å². The molecule has 1 fully saturated rings. The van der Waals surface area contributed by atoms with E-state index >= 15 is 0 Å². The summed E-state index contributed by atoms with van der Waals surface area (Å²) >= 11 is 6.48. The van der Waals surface area contributed by atoms with E-state index in [0.29, 0.717) is 17.3 Å². The Labute approximate surface area is 200 Å². The van der Waals surface area contributed by atoms with Gasteiger partial charge in [0.05, 0.1) is 16.8 Å². The second-order valence-corrected chi connectivity index (χ2v) is 11.4. The van der Waals surface area contributed by atoms with Crippen molar-refractivity contribution in [3.05, 3.63) is 29.2 Å². The highest BCUT2D eigenvalue weighted by atomic mass is 35.5. The van der Waals surface area contributed by atoms with Crippen LogP contribution in [0.5, 0.6) is 0 Å². The van der Waals surface area contributed by atoms with Crippen molar-refractivity contribution in [3.63, 3.8) is 0 Å². The number of aromatic nitrogens is 3. The van der Waals surface area contributed by atoms with Crippen LogP contribution in [0.2, 0.25) is 5.02 Å². The minimum atomic E-state index is -1.06. The number of aliphatic hydroxyl groups is 1. The monoisotopic (exact) mass is 475 g/mol. The van der Waals surface area contributed by atoms with Crippen molar-refractivity contribution in [2.45, 2.75) is 84.9 Å². The fourth-order valence-electron chi connectivity index (χ4n) is 4.76. The molecule has 1 saturated carbocycles. The van der Waals surface area contributed by atoms with E-state index in [-0.39, 0.29) is 23.3 Å². The van der Waals surface area contributed by atoms with E-state index in [1.165, 1.54) is 0 Å². The van der Waals surface area contributed by atoms with E-state index in [9.17, 15) is 9.90 Å². The first kappa shape index (κ1) is 24.1. The third-order valence-electron chi connectivity index (χ3n) is 6.22. The van der Waals surface area contributed by atoms with Crippen molar-refractivity contribution in [2.24, 2.45) is 11.3 Å². The van der Waals surface area contributed by atoms with E-state index in [0.717, 1.165) is 42.6 Å². The molecule has 0 unspecified atom stereocenters. The van der Waals surface area contributed by atoms with Gasteiger partial charge in [-0.15, -0.1) is 0 Å². The second-order valence-electron chi connectivity index (χ2n) is 11.0. The third-order valence-corrected chi connectivity index (χ3v) is 6.52. The smallest absolute Gasteiger partial charge is 0.228 e. The first-order chi connectivity index (χ1) is 15.4. The number of hydrogen-bond acceptors (Lipinski definition) is 6. The van der Waals surface area contributed by atoms with Crippen LogP contribution in [0.3, 0.4) is 0 Å². The SMILES string of the molecule is CC1(C)Cc2c(-c3cc(NC(=O)[C@H]4CC[C@@H](N[C@@H](O)OC(C)(C)C)C4)ncc3Cl)cnn2C1. The van der Waals surface area contributed by atoms with Crippen molar-refractivity contribution in [1.82, 2.24) is 20.1 Å². The zero-order valence-electron chi connectivity index (χ0n) is 20.0. The Hall–Kier alpha value is -2.00. The number of nitrogens with one attached hydrogen (secondary N) is 2. The lowest BCUT2D eigenvalue weighted by Crippen LogP contribution is -2.43. The summed E-state index contributed by atoms with van der Waals surface area (Å²) in [5.74, 6) is 0.239. The molecule has 4 rings (SSSR count). The Kier molecular flexibility index (Phi) is 6.57. The van der Waals surface area contributed by atoms with Gasteiger partial charge < -0.3 is 15.2 Å². The predicted octanol–water partition coefficient (Wildman–Crippen LogP) is 3.97. The molecule has 180 valence electrons. The molecule has 33 heavy (non-hydrogen) atoms. The van der Waals surface area contributed by atoms with E-state index in [1.54, 1.807) is 6.20 Å². The average Bonchev–Trinajstić information content (AvgIpc) is 3.36. The summed E-state index contributed by atoms with van der Waals surface area (Å²) in [6.45, 7) is 11.0. The van der Waals surface area contributed by atoms with E-state index in [2.05, 4.69) is 34.6 Å². The summed E-state index contributed by atoms with van der Waals surface area (Å²) < 4.78 is 7.55. The molecule has 3 heterocycles. The topological polar surface area (TPSA) is 101 Å². The van der Waals surface area contributed by atoms with Gasteiger partial charge in [-0.05, 0) is 57.9 Å². The molecule has 3 N–H and O–H groups in total. The van der Waals surface area contributed by atoms with Crippen molar-refractivity contribution in [1.29, 1.82) is 0 Å². The zero-order chi connectivity index (χ0) is 24.0. The molecule has 3 atom stereocenters. The minimum absolute atomic E-state index is 0.0187. The number of amides is 1. The van der Waals surface area contributed by atoms with Crippen LogP contribution < -0.4 is 10.6 Å². The molecule has 2 aromatic rings. The number of rotatable bonds is 6. The van der Waals surface area contributed by atoms with Gasteiger partial charge in [0, 0.05) is 41.5 Å². The number of halogens is 1. The molecular formula is C24H34ClN5O3. The van der Waals surface area contributed by atoms with Crippen molar-refractivity contribution < 1.29 is 14.6 Å². The van der Waals surface area contributed by atoms with Gasteiger partial charge in [-0.25, -0.2) is 4.98 Å². The lowest BCUT2D eigenvalue weighted by Gasteiger charge is -2.26. The standard InChI is InChI=1S/C24H34ClN5O3/c1-23(2,3)33-22(32)28-15-7-6-14(8-15)21(31)29-20-9-16(18(25)12-26-20)17-11-27-30-13-24(4,5)10-19(17)30/h9,11-12,14-15,22,28,32H,6-8,10,13H2,1-5H3,(H,26,29,31)/t14-,15+,22-/m0/s1. The Morgan fingerprint density at radius 1 is 1.30 bits per heavy atom. The first-order valence-electron chi connectivity index (χ1n) is 11.5. The summed E-state index contributed by atoms with van der Waals surface area (Å²) in [5.41, 5.74) is 2.68. The molecule has 0 bridgehead atoms. The highest BCUT2D eigenvalue weighted by Crippen LogP contribution is 2.39. The van der Waals surface area contributed by atoms with Gasteiger partial charge in [-0.1, -0.05) is 25.4 Å². The molecule has 1 aliphatic heterocycles. The third kappa shape index (κ3) is 5.74. The largest absolute Gasteiger partial charge is 0.356 e. The van der Waals surface area contributed by atoms with Gasteiger partial charge in [-0.2, -0.15) is 5.10 Å². The molecule has 2 aliphatic rings. The molecule has 0 saturated heterocycles. The summed E-state index contributed by atoms with van der Waals surface area (Å²) in [7, 11) is 0. The number of fused-ring (bicyclic) bond motifs is 1. The number of pyridine rings is 1. The Morgan fingerprint density at radius 3 is 2.79 bits per heavy atom. The maximum atomic E-state index is 12.9. The van der Waals surface area contributed by atoms with Crippen molar-refractivity contribution >= 4 is 23.3 Å². The quantitative estimate of drug-likeness (QED) is 0.546. The lowest BCUT2D eigenvalue weighted by molar-refractivity contribution is -0.185. The molecule has 1 amide bonds. The van der Waals surface area contributed by atoms with Crippen LogP contribution in [-0.4, -0.2) is 43.8 Å². The number of carbonyl (C=O) groups excluding carboxylic acids is 1. The first-order valence-corrected chi connectivity index (χ1v) is 11.9. The van der Waals surface area contributed by atoms with Gasteiger partial charge in [0.2, 0.25) is 12.3 Å². The zero-order valence-corrected chi connectivity index (χ0v) is 20.7. The predicted molar refractivity (Wildman–Crippen MR) is 128 cm³/mol. The molecule has 0 radical (unpaired) electrons. The normalized spacial score (nSPS) is 22.9. The van der Waals surface area contributed by atoms with Crippen LogP contribution in [0.15, 0.2) is 18.5 Å². The molecule has 0 aromatic carbocycles. The summed E-state index contributed by atoms with van der Waals surface area (Å²) in [6, 6.07) is 1.85. The highest BCUT2D eigenvalue weighted by molar-refractivity contribution is 6.33. The van der Waals surface area contributed by atoms with E-state index < -0.39 is 12.0 Å². The summed E-state index contributed by atoms with van der Waals surface area (Å²) in [6.07, 6.45) is 5.44. The second kappa shape index (κ2) is 8.98. The molecule has 8 nitrogen and oxygen atoms in total. The Balaban J connectivity index is 1.40. The molecular weight excluding hydrogens is 442 g/mol.